The maximum absolute atomic E-state index is 14.4. The second kappa shape index (κ2) is 10.2. The predicted molar refractivity (Wildman–Crippen MR) is 128 cm³/mol. The summed E-state index contributed by atoms with van der Waals surface area (Å²) in [4.78, 5) is 17.1. The summed E-state index contributed by atoms with van der Waals surface area (Å²) < 4.78 is 28.2. The second-order valence-electron chi connectivity index (χ2n) is 10.3. The number of aromatic nitrogens is 2. The van der Waals surface area contributed by atoms with Crippen molar-refractivity contribution in [3.63, 3.8) is 0 Å². The van der Waals surface area contributed by atoms with Crippen molar-refractivity contribution in [3.8, 4) is 0 Å². The van der Waals surface area contributed by atoms with E-state index in [1.54, 1.807) is 0 Å². The first-order chi connectivity index (χ1) is 16.0. The SMILES string of the molecule is CC1C=C(CCN2CCc3cnc(N4CCN(C5CCC5)CC4)nc3CC2)C(F)=CC(F)C1. The van der Waals surface area contributed by atoms with Gasteiger partial charge in [-0.3, -0.25) is 4.90 Å². The Hall–Kier alpha value is -1.86. The molecule has 7 heteroatoms. The van der Waals surface area contributed by atoms with Crippen molar-refractivity contribution in [2.24, 2.45) is 5.92 Å². The van der Waals surface area contributed by atoms with E-state index in [4.69, 9.17) is 9.97 Å². The van der Waals surface area contributed by atoms with Crippen LogP contribution in [-0.2, 0) is 12.8 Å². The standard InChI is InChI=1S/C26H37F2N5/c1-19-15-20(24(28)17-22(27)16-19)5-8-31-9-6-21-18-29-26(30-25(21)7-10-31)33-13-11-32(12-14-33)23-3-2-4-23/h15,17-19,22-23H,2-14,16H2,1H3. The minimum atomic E-state index is -1.18. The smallest absolute Gasteiger partial charge is 0.225 e. The van der Waals surface area contributed by atoms with Gasteiger partial charge in [-0.25, -0.2) is 18.7 Å². The highest BCUT2D eigenvalue weighted by atomic mass is 19.1. The summed E-state index contributed by atoms with van der Waals surface area (Å²) in [5.41, 5.74) is 3.06. The number of allylic oxidation sites excluding steroid dienone is 3. The van der Waals surface area contributed by atoms with Gasteiger partial charge in [0.05, 0.1) is 5.69 Å². The molecule has 0 amide bonds. The van der Waals surface area contributed by atoms with Crippen LogP contribution >= 0.6 is 0 Å². The van der Waals surface area contributed by atoms with Crippen LogP contribution < -0.4 is 4.90 Å². The summed E-state index contributed by atoms with van der Waals surface area (Å²) in [5.74, 6) is 0.566. The first-order valence-electron chi connectivity index (χ1n) is 12.8. The Morgan fingerprint density at radius 1 is 1.03 bits per heavy atom. The second-order valence-corrected chi connectivity index (χ2v) is 10.3. The molecule has 2 aliphatic carbocycles. The van der Waals surface area contributed by atoms with E-state index in [2.05, 4.69) is 14.7 Å². The lowest BCUT2D eigenvalue weighted by atomic mass is 9.91. The van der Waals surface area contributed by atoms with Crippen molar-refractivity contribution in [3.05, 3.63) is 41.0 Å². The summed E-state index contributed by atoms with van der Waals surface area (Å²) in [6.45, 7) is 8.83. The van der Waals surface area contributed by atoms with Gasteiger partial charge in [0.25, 0.3) is 0 Å². The Balaban J connectivity index is 1.16. The van der Waals surface area contributed by atoms with Gasteiger partial charge in [0, 0.05) is 64.5 Å². The number of rotatable bonds is 5. The number of alkyl halides is 1. The Kier molecular flexibility index (Phi) is 7.07. The van der Waals surface area contributed by atoms with E-state index in [0.29, 0.717) is 18.4 Å². The summed E-state index contributed by atoms with van der Waals surface area (Å²) in [7, 11) is 0. The van der Waals surface area contributed by atoms with Crippen molar-refractivity contribution >= 4 is 5.95 Å². The Bertz CT molecular complexity index is 889. The van der Waals surface area contributed by atoms with Crippen LogP contribution in [0.25, 0.3) is 0 Å². The van der Waals surface area contributed by atoms with Crippen LogP contribution in [-0.4, -0.2) is 77.8 Å². The molecule has 1 saturated carbocycles. The molecule has 1 aromatic rings. The van der Waals surface area contributed by atoms with Gasteiger partial charge in [-0.1, -0.05) is 19.4 Å². The minimum Gasteiger partial charge on any atom is -0.338 e. The first kappa shape index (κ1) is 22.9. The molecule has 0 N–H and O–H groups in total. The normalized spacial score (nSPS) is 27.8. The largest absolute Gasteiger partial charge is 0.338 e. The van der Waals surface area contributed by atoms with Crippen molar-refractivity contribution < 1.29 is 8.78 Å². The van der Waals surface area contributed by atoms with Crippen LogP contribution in [0.3, 0.4) is 0 Å². The zero-order valence-electron chi connectivity index (χ0n) is 19.9. The molecule has 33 heavy (non-hydrogen) atoms. The van der Waals surface area contributed by atoms with Crippen molar-refractivity contribution in [2.75, 3.05) is 50.7 Å². The average molecular weight is 458 g/mol. The third-order valence-corrected chi connectivity index (χ3v) is 7.91. The molecule has 1 saturated heterocycles. The van der Waals surface area contributed by atoms with Crippen LogP contribution in [0.2, 0.25) is 0 Å². The Labute approximate surface area is 196 Å². The molecule has 0 bridgehead atoms. The fraction of sp³-hybridized carbons (Fsp3) is 0.692. The van der Waals surface area contributed by atoms with Crippen LogP contribution in [0, 0.1) is 5.92 Å². The number of nitrogens with zero attached hydrogens (tertiary/aromatic N) is 5. The molecule has 3 heterocycles. The summed E-state index contributed by atoms with van der Waals surface area (Å²) in [6.07, 6.45) is 10.8. The van der Waals surface area contributed by atoms with Crippen LogP contribution in [0.5, 0.6) is 0 Å². The lowest BCUT2D eigenvalue weighted by molar-refractivity contribution is 0.120. The summed E-state index contributed by atoms with van der Waals surface area (Å²) in [5, 5.41) is 0. The fourth-order valence-electron chi connectivity index (χ4n) is 5.59. The molecule has 4 aliphatic rings. The molecule has 5 rings (SSSR count). The molecular formula is C26H37F2N5. The predicted octanol–water partition coefficient (Wildman–Crippen LogP) is 4.10. The van der Waals surface area contributed by atoms with E-state index in [1.807, 2.05) is 19.2 Å². The maximum atomic E-state index is 14.4. The van der Waals surface area contributed by atoms with Gasteiger partial charge in [-0.15, -0.1) is 0 Å². The quantitative estimate of drug-likeness (QED) is 0.665. The highest BCUT2D eigenvalue weighted by Crippen LogP contribution is 2.28. The van der Waals surface area contributed by atoms with E-state index in [1.165, 1.54) is 24.8 Å². The fourth-order valence-corrected chi connectivity index (χ4v) is 5.59. The molecule has 0 spiro atoms. The number of hydrogen-bond donors (Lipinski definition) is 0. The van der Waals surface area contributed by atoms with Crippen molar-refractivity contribution in [1.82, 2.24) is 19.8 Å². The molecule has 2 atom stereocenters. The topological polar surface area (TPSA) is 35.5 Å². The Morgan fingerprint density at radius 3 is 2.58 bits per heavy atom. The molecule has 180 valence electrons. The number of halogens is 2. The molecule has 2 unspecified atom stereocenters. The van der Waals surface area contributed by atoms with Crippen molar-refractivity contribution in [2.45, 2.75) is 64.1 Å². The highest BCUT2D eigenvalue weighted by Gasteiger charge is 2.29. The van der Waals surface area contributed by atoms with Gasteiger partial charge in [0.1, 0.15) is 12.0 Å². The van der Waals surface area contributed by atoms with E-state index < -0.39 is 6.17 Å². The zero-order valence-corrected chi connectivity index (χ0v) is 19.9. The van der Waals surface area contributed by atoms with Gasteiger partial charge >= 0.3 is 0 Å². The van der Waals surface area contributed by atoms with E-state index in [0.717, 1.165) is 82.4 Å². The lowest BCUT2D eigenvalue weighted by Crippen LogP contribution is -2.52. The lowest BCUT2D eigenvalue weighted by Gasteiger charge is -2.43. The summed E-state index contributed by atoms with van der Waals surface area (Å²) in [6, 6.07) is 0.811. The zero-order chi connectivity index (χ0) is 22.8. The average Bonchev–Trinajstić information content (AvgIpc) is 3.04. The molecule has 1 aromatic heterocycles. The van der Waals surface area contributed by atoms with Crippen LogP contribution in [0.15, 0.2) is 29.7 Å². The Morgan fingerprint density at radius 2 is 1.82 bits per heavy atom. The maximum Gasteiger partial charge on any atom is 0.225 e. The monoisotopic (exact) mass is 457 g/mol. The summed E-state index contributed by atoms with van der Waals surface area (Å²) >= 11 is 0. The number of fused-ring (bicyclic) bond motifs is 1. The van der Waals surface area contributed by atoms with Gasteiger partial charge in [-0.05, 0) is 55.2 Å². The number of anilines is 1. The van der Waals surface area contributed by atoms with Gasteiger partial charge in [0.2, 0.25) is 5.95 Å². The van der Waals surface area contributed by atoms with E-state index in [9.17, 15) is 8.78 Å². The minimum absolute atomic E-state index is 0.0668. The molecule has 5 nitrogen and oxygen atoms in total. The van der Waals surface area contributed by atoms with Gasteiger partial charge in [-0.2, -0.15) is 0 Å². The third kappa shape index (κ3) is 5.46. The number of hydrogen-bond acceptors (Lipinski definition) is 5. The molecule has 2 aliphatic heterocycles. The number of piperazine rings is 1. The van der Waals surface area contributed by atoms with E-state index in [-0.39, 0.29) is 11.7 Å². The van der Waals surface area contributed by atoms with Crippen LogP contribution in [0.1, 0.15) is 50.3 Å². The van der Waals surface area contributed by atoms with E-state index >= 15 is 0 Å². The molecular weight excluding hydrogens is 420 g/mol. The molecule has 2 fully saturated rings. The molecule has 0 radical (unpaired) electrons. The van der Waals surface area contributed by atoms with Crippen molar-refractivity contribution in [1.29, 1.82) is 0 Å². The molecule has 0 aromatic carbocycles. The highest BCUT2D eigenvalue weighted by molar-refractivity contribution is 5.35. The van der Waals surface area contributed by atoms with Gasteiger partial charge in [0.15, 0.2) is 0 Å². The van der Waals surface area contributed by atoms with Crippen LogP contribution in [0.4, 0.5) is 14.7 Å². The third-order valence-electron chi connectivity index (χ3n) is 7.91. The van der Waals surface area contributed by atoms with Gasteiger partial charge < -0.3 is 9.80 Å². The first-order valence-corrected chi connectivity index (χ1v) is 12.8.